The highest BCUT2D eigenvalue weighted by atomic mass is 16.7. The van der Waals surface area contributed by atoms with Crippen LogP contribution in [0.3, 0.4) is 0 Å². The minimum atomic E-state index is -0.735. The van der Waals surface area contributed by atoms with Gasteiger partial charge in [-0.2, -0.15) is 0 Å². The van der Waals surface area contributed by atoms with E-state index in [1.165, 1.54) is 5.57 Å². The molecule has 4 nitrogen and oxygen atoms in total. The Kier molecular flexibility index (Phi) is 2.75. The molecule has 1 saturated carbocycles. The topological polar surface area (TPSA) is 51.8 Å². The summed E-state index contributed by atoms with van der Waals surface area (Å²) in [6.45, 7) is 7.29. The zero-order chi connectivity index (χ0) is 16.8. The Bertz CT molecular complexity index is 709. The van der Waals surface area contributed by atoms with Gasteiger partial charge in [-0.3, -0.25) is 0 Å². The van der Waals surface area contributed by atoms with Crippen LogP contribution in [-0.4, -0.2) is 23.4 Å². The fourth-order valence-electron chi connectivity index (χ4n) is 6.48. The summed E-state index contributed by atoms with van der Waals surface area (Å²) < 4.78 is 18.7. The maximum Gasteiger partial charge on any atom is 0.199 e. The second-order valence-electron chi connectivity index (χ2n) is 8.63. The van der Waals surface area contributed by atoms with Crippen molar-refractivity contribution in [1.29, 1.82) is 0 Å². The molecule has 1 N–H and O–H groups in total. The molecule has 1 spiro atoms. The summed E-state index contributed by atoms with van der Waals surface area (Å²) in [6, 6.07) is 1.96. The second-order valence-corrected chi connectivity index (χ2v) is 8.63. The third kappa shape index (κ3) is 1.36. The number of ether oxygens (including phenoxy) is 2. The predicted octanol–water partition coefficient (Wildman–Crippen LogP) is 3.76. The van der Waals surface area contributed by atoms with Crippen molar-refractivity contribution in [1.82, 2.24) is 0 Å². The van der Waals surface area contributed by atoms with E-state index in [1.54, 1.807) is 12.5 Å². The van der Waals surface area contributed by atoms with Gasteiger partial charge in [0.1, 0.15) is 0 Å². The van der Waals surface area contributed by atoms with Crippen LogP contribution in [0.25, 0.3) is 0 Å². The van der Waals surface area contributed by atoms with E-state index in [-0.39, 0.29) is 11.0 Å². The molecular weight excluding hydrogens is 304 g/mol. The lowest BCUT2D eigenvalue weighted by Crippen LogP contribution is -2.71. The van der Waals surface area contributed by atoms with E-state index in [2.05, 4.69) is 26.8 Å². The Balaban J connectivity index is 1.77. The van der Waals surface area contributed by atoms with E-state index in [0.717, 1.165) is 31.2 Å². The SMILES string of the molecule is CC1=CCCC23OC4(c5ccoc5)CC2(C)C(C)CC(O)C13CO4. The predicted molar refractivity (Wildman–Crippen MR) is 88.1 cm³/mol. The summed E-state index contributed by atoms with van der Waals surface area (Å²) in [4.78, 5) is 0. The number of hydrogen-bond donors (Lipinski definition) is 1. The fraction of sp³-hybridized carbons (Fsp3) is 0.700. The van der Waals surface area contributed by atoms with Crippen LogP contribution in [0, 0.1) is 16.7 Å². The van der Waals surface area contributed by atoms with Crippen LogP contribution in [0.1, 0.15) is 52.0 Å². The number of hydrogen-bond acceptors (Lipinski definition) is 4. The Labute approximate surface area is 142 Å². The first-order valence-corrected chi connectivity index (χ1v) is 9.12. The Morgan fingerprint density at radius 2 is 2.17 bits per heavy atom. The van der Waals surface area contributed by atoms with Gasteiger partial charge >= 0.3 is 0 Å². The lowest BCUT2D eigenvalue weighted by molar-refractivity contribution is -0.370. The molecule has 1 aromatic heterocycles. The van der Waals surface area contributed by atoms with Crippen LogP contribution < -0.4 is 0 Å². The van der Waals surface area contributed by atoms with Gasteiger partial charge in [-0.05, 0) is 38.2 Å². The quantitative estimate of drug-likeness (QED) is 0.797. The van der Waals surface area contributed by atoms with Crippen molar-refractivity contribution in [2.24, 2.45) is 16.7 Å². The van der Waals surface area contributed by atoms with Gasteiger partial charge in [-0.15, -0.1) is 0 Å². The van der Waals surface area contributed by atoms with Crippen LogP contribution in [0.5, 0.6) is 0 Å². The first-order chi connectivity index (χ1) is 11.4. The number of rotatable bonds is 1. The highest BCUT2D eigenvalue weighted by molar-refractivity contribution is 5.37. The Morgan fingerprint density at radius 1 is 1.33 bits per heavy atom. The summed E-state index contributed by atoms with van der Waals surface area (Å²) in [6.07, 6.45) is 8.87. The third-order valence-corrected chi connectivity index (χ3v) is 7.96. The molecule has 4 aliphatic rings. The molecule has 6 unspecified atom stereocenters. The second kappa shape index (κ2) is 4.35. The van der Waals surface area contributed by atoms with Crippen molar-refractivity contribution >= 4 is 0 Å². The van der Waals surface area contributed by atoms with Gasteiger partial charge in [0, 0.05) is 17.4 Å². The van der Waals surface area contributed by atoms with Crippen molar-refractivity contribution in [3.63, 3.8) is 0 Å². The first-order valence-electron chi connectivity index (χ1n) is 9.12. The highest BCUT2D eigenvalue weighted by Gasteiger charge is 2.79. The van der Waals surface area contributed by atoms with Gasteiger partial charge in [-0.25, -0.2) is 0 Å². The molecule has 3 heterocycles. The molecular formula is C20H26O4. The van der Waals surface area contributed by atoms with Gasteiger partial charge in [0.25, 0.3) is 0 Å². The standard InChI is InChI=1S/C20H26O4/c1-13-5-4-7-20-17(3)11-19(24-20,15-6-8-22-10-15)23-12-18(13,20)16(21)9-14(17)2/h5-6,8,10,14,16,21H,4,7,9,11-12H2,1-3H3. The summed E-state index contributed by atoms with van der Waals surface area (Å²) in [5, 5.41) is 11.2. The Morgan fingerprint density at radius 3 is 2.92 bits per heavy atom. The maximum atomic E-state index is 11.2. The molecule has 130 valence electrons. The molecule has 1 aromatic rings. The van der Waals surface area contributed by atoms with E-state index in [4.69, 9.17) is 13.9 Å². The van der Waals surface area contributed by atoms with E-state index in [9.17, 15) is 5.11 Å². The molecule has 3 fully saturated rings. The number of furan rings is 1. The van der Waals surface area contributed by atoms with Crippen LogP contribution in [0.2, 0.25) is 0 Å². The van der Waals surface area contributed by atoms with Crippen LogP contribution in [0.15, 0.2) is 34.7 Å². The number of aliphatic hydroxyl groups excluding tert-OH is 1. The molecule has 2 aliphatic heterocycles. The van der Waals surface area contributed by atoms with Crippen molar-refractivity contribution in [3.05, 3.63) is 35.8 Å². The van der Waals surface area contributed by atoms with Crippen molar-refractivity contribution in [2.75, 3.05) is 6.61 Å². The smallest absolute Gasteiger partial charge is 0.199 e. The average molecular weight is 330 g/mol. The first kappa shape index (κ1) is 15.2. The summed E-state index contributed by atoms with van der Waals surface area (Å²) >= 11 is 0. The Hall–Kier alpha value is -1.10. The van der Waals surface area contributed by atoms with Gasteiger partial charge in [0.15, 0.2) is 5.79 Å². The average Bonchev–Trinajstić information content (AvgIpc) is 3.14. The lowest BCUT2D eigenvalue weighted by Gasteiger charge is -2.65. The summed E-state index contributed by atoms with van der Waals surface area (Å²) in [7, 11) is 0. The van der Waals surface area contributed by atoms with Gasteiger partial charge < -0.3 is 19.0 Å². The van der Waals surface area contributed by atoms with Crippen LogP contribution in [-0.2, 0) is 15.3 Å². The largest absolute Gasteiger partial charge is 0.472 e. The molecule has 2 bridgehead atoms. The summed E-state index contributed by atoms with van der Waals surface area (Å²) in [5.41, 5.74) is 1.38. The molecule has 5 rings (SSSR count). The minimum Gasteiger partial charge on any atom is -0.472 e. The van der Waals surface area contributed by atoms with Gasteiger partial charge in [0.05, 0.1) is 36.3 Å². The fourth-order valence-corrected chi connectivity index (χ4v) is 6.48. The molecule has 0 amide bonds. The van der Waals surface area contributed by atoms with Crippen LogP contribution >= 0.6 is 0 Å². The van der Waals surface area contributed by atoms with E-state index >= 15 is 0 Å². The summed E-state index contributed by atoms with van der Waals surface area (Å²) in [5.74, 6) is -0.358. The number of aliphatic hydroxyl groups is 1. The molecule has 0 aromatic carbocycles. The number of allylic oxidation sites excluding steroid dienone is 1. The molecule has 6 atom stereocenters. The lowest BCUT2D eigenvalue weighted by atomic mass is 9.44. The monoisotopic (exact) mass is 330 g/mol. The maximum absolute atomic E-state index is 11.2. The van der Waals surface area contributed by atoms with E-state index in [1.807, 2.05) is 6.07 Å². The molecule has 2 aliphatic carbocycles. The van der Waals surface area contributed by atoms with E-state index in [0.29, 0.717) is 12.5 Å². The molecule has 0 radical (unpaired) electrons. The van der Waals surface area contributed by atoms with Gasteiger partial charge in [0.2, 0.25) is 0 Å². The molecule has 4 heteroatoms. The third-order valence-electron chi connectivity index (χ3n) is 7.96. The molecule has 2 saturated heterocycles. The van der Waals surface area contributed by atoms with Crippen molar-refractivity contribution < 1.29 is 19.0 Å². The van der Waals surface area contributed by atoms with E-state index < -0.39 is 17.3 Å². The normalized spacial score (nSPS) is 52.8. The van der Waals surface area contributed by atoms with Crippen LogP contribution in [0.4, 0.5) is 0 Å². The van der Waals surface area contributed by atoms with Crippen molar-refractivity contribution in [2.45, 2.75) is 63.9 Å². The zero-order valence-corrected chi connectivity index (χ0v) is 14.7. The van der Waals surface area contributed by atoms with Crippen molar-refractivity contribution in [3.8, 4) is 0 Å². The zero-order valence-electron chi connectivity index (χ0n) is 14.7. The van der Waals surface area contributed by atoms with Gasteiger partial charge in [-0.1, -0.05) is 25.5 Å². The minimum absolute atomic E-state index is 0.0322. The molecule has 24 heavy (non-hydrogen) atoms. The highest BCUT2D eigenvalue weighted by Crippen LogP contribution is 2.75. The number of fused-ring (bicyclic) bond motifs is 1.